The number of thiocarbonyl (C=S) groups is 1. The van der Waals surface area contributed by atoms with Crippen molar-refractivity contribution < 1.29 is 24.2 Å². The summed E-state index contributed by atoms with van der Waals surface area (Å²) >= 11 is 5.44. The minimum Gasteiger partial charge on any atom is -0.477 e. The Morgan fingerprint density at radius 3 is 2.50 bits per heavy atom. The van der Waals surface area contributed by atoms with Crippen molar-refractivity contribution in [2.75, 3.05) is 37.7 Å². The van der Waals surface area contributed by atoms with E-state index in [1.165, 1.54) is 18.5 Å². The zero-order valence-electron chi connectivity index (χ0n) is 20.8. The third-order valence-corrected chi connectivity index (χ3v) is 6.44. The first kappa shape index (κ1) is 26.7. The summed E-state index contributed by atoms with van der Waals surface area (Å²) < 4.78 is 6.60. The number of hydrogen-bond acceptors (Lipinski definition) is 9. The molecule has 1 aliphatic heterocycles. The number of aromatic nitrogens is 3. The highest BCUT2D eigenvalue weighted by Gasteiger charge is 2.24. The van der Waals surface area contributed by atoms with E-state index >= 15 is 0 Å². The number of esters is 1. The Hall–Kier alpha value is -4.39. The van der Waals surface area contributed by atoms with Gasteiger partial charge in [0.2, 0.25) is 11.4 Å². The van der Waals surface area contributed by atoms with Crippen LogP contribution in [-0.2, 0) is 11.3 Å². The number of carboxylic acids is 1. The number of piperazine rings is 1. The Kier molecular flexibility index (Phi) is 7.96. The summed E-state index contributed by atoms with van der Waals surface area (Å²) in [6, 6.07) is 6.23. The summed E-state index contributed by atoms with van der Waals surface area (Å²) in [5.74, 6) is -1.82. The second-order valence-electron chi connectivity index (χ2n) is 8.40. The van der Waals surface area contributed by atoms with Gasteiger partial charge in [0.1, 0.15) is 11.2 Å². The second-order valence-corrected chi connectivity index (χ2v) is 8.79. The maximum atomic E-state index is 12.7. The van der Waals surface area contributed by atoms with Crippen LogP contribution in [0.3, 0.4) is 0 Å². The van der Waals surface area contributed by atoms with Gasteiger partial charge in [-0.2, -0.15) is 4.98 Å². The molecule has 198 valence electrons. The van der Waals surface area contributed by atoms with Crippen molar-refractivity contribution in [2.24, 2.45) is 0 Å². The van der Waals surface area contributed by atoms with Gasteiger partial charge in [-0.05, 0) is 44.3 Å². The third-order valence-electron chi connectivity index (χ3n) is 6.08. The monoisotopic (exact) mass is 538 g/mol. The first-order chi connectivity index (χ1) is 18.2. The number of carbonyl (C=O) groups is 3. The second kappa shape index (κ2) is 11.3. The molecule has 38 heavy (non-hydrogen) atoms. The molecule has 4 rings (SSSR count). The number of fused-ring (bicyclic) bond motifs is 1. The Labute approximate surface area is 222 Å². The van der Waals surface area contributed by atoms with Gasteiger partial charge < -0.3 is 24.2 Å². The Balaban J connectivity index is 1.42. The number of hydrogen-bond donors (Lipinski definition) is 2. The number of ether oxygens (including phenoxy) is 1. The van der Waals surface area contributed by atoms with Crippen LogP contribution in [-0.4, -0.2) is 80.3 Å². The van der Waals surface area contributed by atoms with Crippen LogP contribution in [0, 0.1) is 0 Å². The van der Waals surface area contributed by atoms with Crippen molar-refractivity contribution in [3.05, 3.63) is 63.6 Å². The average Bonchev–Trinajstić information content (AvgIpc) is 2.93. The van der Waals surface area contributed by atoms with Crippen LogP contribution in [0.5, 0.6) is 0 Å². The lowest BCUT2D eigenvalue weighted by atomic mass is 10.1. The van der Waals surface area contributed by atoms with Gasteiger partial charge in [-0.1, -0.05) is 6.07 Å². The molecule has 3 aromatic rings. The van der Waals surface area contributed by atoms with E-state index in [9.17, 15) is 24.3 Å². The van der Waals surface area contributed by atoms with E-state index in [1.54, 1.807) is 29.7 Å². The number of pyridine rings is 1. The molecule has 2 N–H and O–H groups in total. The van der Waals surface area contributed by atoms with Crippen molar-refractivity contribution in [1.82, 2.24) is 24.8 Å². The number of anilines is 1. The minimum absolute atomic E-state index is 0.144. The maximum Gasteiger partial charge on any atom is 0.341 e. The lowest BCUT2D eigenvalue weighted by Gasteiger charge is -2.36. The van der Waals surface area contributed by atoms with Gasteiger partial charge in [0.25, 0.3) is 5.91 Å². The molecule has 0 bridgehead atoms. The first-order valence-corrected chi connectivity index (χ1v) is 12.4. The summed E-state index contributed by atoms with van der Waals surface area (Å²) in [5, 5.41) is 12.4. The van der Waals surface area contributed by atoms with Crippen LogP contribution < -0.4 is 15.6 Å². The summed E-state index contributed by atoms with van der Waals surface area (Å²) in [6.45, 7) is 6.19. The quantitative estimate of drug-likeness (QED) is 0.348. The van der Waals surface area contributed by atoms with Gasteiger partial charge in [-0.15, -0.1) is 0 Å². The highest BCUT2D eigenvalue weighted by Crippen LogP contribution is 2.16. The highest BCUT2D eigenvalue weighted by molar-refractivity contribution is 7.80. The molecule has 1 fully saturated rings. The topological polar surface area (TPSA) is 147 Å². The summed E-state index contributed by atoms with van der Waals surface area (Å²) in [4.78, 5) is 61.3. The normalized spacial score (nSPS) is 13.3. The lowest BCUT2D eigenvalue weighted by Crippen LogP contribution is -2.53. The summed E-state index contributed by atoms with van der Waals surface area (Å²) in [6.07, 6.45) is 2.66. The molecule has 1 amide bonds. The van der Waals surface area contributed by atoms with E-state index in [-0.39, 0.29) is 33.8 Å². The van der Waals surface area contributed by atoms with Crippen LogP contribution in [0.1, 0.15) is 44.9 Å². The van der Waals surface area contributed by atoms with Crippen LogP contribution in [0.4, 0.5) is 5.95 Å². The molecule has 3 heterocycles. The van der Waals surface area contributed by atoms with Gasteiger partial charge in [0, 0.05) is 50.7 Å². The Morgan fingerprint density at radius 1 is 1.13 bits per heavy atom. The van der Waals surface area contributed by atoms with Crippen molar-refractivity contribution in [3.63, 3.8) is 0 Å². The highest BCUT2D eigenvalue weighted by atomic mass is 32.1. The largest absolute Gasteiger partial charge is 0.477 e. The van der Waals surface area contributed by atoms with Crippen molar-refractivity contribution in [1.29, 1.82) is 0 Å². The zero-order valence-corrected chi connectivity index (χ0v) is 21.7. The van der Waals surface area contributed by atoms with E-state index in [1.807, 2.05) is 16.7 Å². The molecule has 1 aromatic carbocycles. The van der Waals surface area contributed by atoms with Gasteiger partial charge in [-0.3, -0.25) is 14.9 Å². The molecule has 13 heteroatoms. The number of rotatable bonds is 6. The molecule has 0 saturated carbocycles. The molecule has 0 aliphatic carbocycles. The Bertz CT molecular complexity index is 1480. The fourth-order valence-corrected chi connectivity index (χ4v) is 4.34. The molecule has 1 saturated heterocycles. The molecule has 0 radical (unpaired) electrons. The van der Waals surface area contributed by atoms with Crippen LogP contribution in [0.25, 0.3) is 11.0 Å². The van der Waals surface area contributed by atoms with Gasteiger partial charge in [-0.25, -0.2) is 14.6 Å². The fourth-order valence-electron chi connectivity index (χ4n) is 4.07. The van der Waals surface area contributed by atoms with E-state index < -0.39 is 23.3 Å². The average molecular weight is 539 g/mol. The molecule has 1 aliphatic rings. The first-order valence-electron chi connectivity index (χ1n) is 12.0. The number of benzene rings is 1. The van der Waals surface area contributed by atoms with Crippen molar-refractivity contribution in [2.45, 2.75) is 20.4 Å². The maximum absolute atomic E-state index is 12.7. The van der Waals surface area contributed by atoms with E-state index in [0.29, 0.717) is 44.3 Å². The molecule has 0 unspecified atom stereocenters. The van der Waals surface area contributed by atoms with Crippen molar-refractivity contribution >= 4 is 52.2 Å². The zero-order chi connectivity index (χ0) is 27.4. The molecule has 2 aromatic heterocycles. The van der Waals surface area contributed by atoms with Gasteiger partial charge in [0.15, 0.2) is 5.11 Å². The lowest BCUT2D eigenvalue weighted by molar-refractivity contribution is 0.0525. The number of nitrogens with zero attached hydrogens (tertiary/aromatic N) is 5. The SMILES string of the molecule is CCOC(=O)c1cccc(C(=O)NC(=S)N2CCN(c3ncc4c(=O)c(C(=O)O)cn(CC)c4n3)CC2)c1. The number of nitrogens with one attached hydrogen (secondary N) is 1. The van der Waals surface area contributed by atoms with E-state index in [0.717, 1.165) is 0 Å². The predicted octanol–water partition coefficient (Wildman–Crippen LogP) is 1.52. The smallest absolute Gasteiger partial charge is 0.341 e. The summed E-state index contributed by atoms with van der Waals surface area (Å²) in [5.41, 5.74) is -0.0195. The number of amides is 1. The van der Waals surface area contributed by atoms with Crippen LogP contribution >= 0.6 is 12.2 Å². The Morgan fingerprint density at radius 2 is 1.84 bits per heavy atom. The van der Waals surface area contributed by atoms with E-state index in [4.69, 9.17) is 17.0 Å². The van der Waals surface area contributed by atoms with Crippen LogP contribution in [0.15, 0.2) is 41.5 Å². The van der Waals surface area contributed by atoms with E-state index in [2.05, 4.69) is 15.3 Å². The molecule has 0 spiro atoms. The third kappa shape index (κ3) is 5.47. The summed E-state index contributed by atoms with van der Waals surface area (Å²) in [7, 11) is 0. The standard InChI is InChI=1S/C25H26N6O6S/c1-3-29-14-18(22(34)35)19(32)17-13-26-24(27-20(17)29)30-8-10-31(11-9-30)25(38)28-21(33)15-6-5-7-16(12-15)23(36)37-4-2/h5-7,12-14H,3-4,8-11H2,1-2H3,(H,34,35)(H,28,33,38). The molecular weight excluding hydrogens is 512 g/mol. The molecule has 0 atom stereocenters. The number of carboxylic acid groups (broad SMARTS) is 1. The van der Waals surface area contributed by atoms with Crippen LogP contribution in [0.2, 0.25) is 0 Å². The molecular formula is C25H26N6O6S. The van der Waals surface area contributed by atoms with Gasteiger partial charge in [0.05, 0.1) is 17.6 Å². The molecule has 12 nitrogen and oxygen atoms in total. The predicted molar refractivity (Wildman–Crippen MR) is 143 cm³/mol. The number of aryl methyl sites for hydroxylation is 1. The number of aromatic carboxylic acids is 1. The van der Waals surface area contributed by atoms with Crippen molar-refractivity contribution in [3.8, 4) is 0 Å². The number of carbonyl (C=O) groups excluding carboxylic acids is 2. The minimum atomic E-state index is -1.30. The fraction of sp³-hybridized carbons (Fsp3) is 0.320. The van der Waals surface area contributed by atoms with Gasteiger partial charge >= 0.3 is 11.9 Å².